The molecule has 1 radical (unpaired) electrons. The number of nitrogens with zero attached hydrogens (tertiary/aromatic N) is 1. The number of hydrogen-bond donors (Lipinski definition) is 0. The quantitative estimate of drug-likeness (QED) is 0.244. The monoisotopic (exact) mass is 218 g/mol. The van der Waals surface area contributed by atoms with Crippen molar-refractivity contribution in [3.8, 4) is 0 Å². The normalized spacial score (nSPS) is 3.43. The van der Waals surface area contributed by atoms with Gasteiger partial charge < -0.3 is 27.7 Å². The van der Waals surface area contributed by atoms with Crippen molar-refractivity contribution in [3.05, 3.63) is 15.3 Å². The largest absolute Gasteiger partial charge is 2.00 e. The predicted molar refractivity (Wildman–Crippen MR) is 10.4 cm³/mol. The van der Waals surface area contributed by atoms with E-state index in [-0.39, 0.29) is 46.0 Å². The molecule has 0 aliphatic rings. The molecule has 0 heterocycles. The van der Waals surface area contributed by atoms with Crippen molar-refractivity contribution >= 4 is 0 Å². The second kappa shape index (κ2) is 16.0. The molecule has 0 N–H and O–H groups in total. The van der Waals surface area contributed by atoms with Gasteiger partial charge in [0, 0.05) is 16.5 Å². The summed E-state index contributed by atoms with van der Waals surface area (Å²) in [5.74, 6) is 0. The van der Waals surface area contributed by atoms with Gasteiger partial charge in [-0.25, -0.2) is 0 Å². The van der Waals surface area contributed by atoms with Crippen molar-refractivity contribution in [1.82, 2.24) is 0 Å². The third-order valence-corrected chi connectivity index (χ3v) is 0. The van der Waals surface area contributed by atoms with Crippen LogP contribution in [-0.4, -0.2) is 5.09 Å². The summed E-state index contributed by atoms with van der Waals surface area (Å²) in [5.41, 5.74) is 0. The first kappa shape index (κ1) is 25.9. The number of rotatable bonds is 0. The Morgan fingerprint density at radius 2 is 1.29 bits per heavy atom. The standard InChI is InChI=1S/ClH.Cu.NO3.Ni/c;;2-1(3)4;/h1H;;;/q;+2;-1;/p-1. The summed E-state index contributed by atoms with van der Waals surface area (Å²) in [4.78, 5) is 8.25. The van der Waals surface area contributed by atoms with Crippen LogP contribution >= 0.6 is 0 Å². The van der Waals surface area contributed by atoms with Crippen LogP contribution in [0, 0.1) is 15.3 Å². The summed E-state index contributed by atoms with van der Waals surface area (Å²) >= 11 is 0. The molecule has 0 aliphatic carbocycles. The predicted octanol–water partition coefficient (Wildman–Crippen LogP) is -3.24. The van der Waals surface area contributed by atoms with Gasteiger partial charge in [0.25, 0.3) is 0 Å². The Morgan fingerprint density at radius 1 is 1.29 bits per heavy atom. The first-order valence-corrected chi connectivity index (χ1v) is 0.548. The van der Waals surface area contributed by atoms with E-state index in [0.717, 1.165) is 0 Å². The Labute approximate surface area is 66.6 Å². The van der Waals surface area contributed by atoms with E-state index in [0.29, 0.717) is 0 Å². The van der Waals surface area contributed by atoms with Gasteiger partial charge in [-0.3, -0.25) is 0 Å². The molecule has 7 heteroatoms. The van der Waals surface area contributed by atoms with Crippen LogP contribution in [0.15, 0.2) is 0 Å². The smallest absolute Gasteiger partial charge is 1.00 e. The van der Waals surface area contributed by atoms with Gasteiger partial charge in [0.15, 0.2) is 0 Å². The van der Waals surface area contributed by atoms with Gasteiger partial charge in [0.05, 0.1) is 5.09 Å². The molecule has 51 valence electrons. The fourth-order valence-electron chi connectivity index (χ4n) is 0. The molecule has 0 amide bonds. The summed E-state index contributed by atoms with van der Waals surface area (Å²) in [6.07, 6.45) is 0. The molecule has 0 aromatic rings. The Bertz CT molecular complexity index is 37.9. The van der Waals surface area contributed by atoms with Crippen LogP contribution in [0.2, 0.25) is 0 Å². The third-order valence-electron chi connectivity index (χ3n) is 0. The molecule has 0 aliphatic heterocycles. The SMILES string of the molecule is O=[N+]([O-])[O-].[Cl-].[Cu+2].[Ni]. The van der Waals surface area contributed by atoms with Crippen LogP contribution in [0.25, 0.3) is 0 Å². The van der Waals surface area contributed by atoms with Crippen LogP contribution in [-0.2, 0) is 33.6 Å². The van der Waals surface area contributed by atoms with E-state index in [1.165, 1.54) is 0 Å². The molecule has 0 atom stereocenters. The molecule has 0 saturated heterocycles. The van der Waals surface area contributed by atoms with E-state index in [2.05, 4.69) is 0 Å². The van der Waals surface area contributed by atoms with Gasteiger partial charge in [0.2, 0.25) is 0 Å². The van der Waals surface area contributed by atoms with Crippen molar-refractivity contribution in [3.63, 3.8) is 0 Å². The van der Waals surface area contributed by atoms with E-state index in [1.54, 1.807) is 0 Å². The molecule has 4 nitrogen and oxygen atoms in total. The molecular weight excluding hydrogens is 220 g/mol. The molecule has 7 heavy (non-hydrogen) atoms. The summed E-state index contributed by atoms with van der Waals surface area (Å²) < 4.78 is 0. The number of hydrogen-bond acceptors (Lipinski definition) is 3. The van der Waals surface area contributed by atoms with Crippen molar-refractivity contribution in [2.45, 2.75) is 0 Å². The Hall–Kier alpha value is 0.503. The van der Waals surface area contributed by atoms with Gasteiger partial charge in [0.1, 0.15) is 0 Å². The molecule has 0 saturated carbocycles. The van der Waals surface area contributed by atoms with Gasteiger partial charge in [-0.15, -0.1) is 0 Å². The van der Waals surface area contributed by atoms with E-state index >= 15 is 0 Å². The minimum absolute atomic E-state index is 0. The molecule has 0 bridgehead atoms. The van der Waals surface area contributed by atoms with Crippen LogP contribution in [0.4, 0.5) is 0 Å². The first-order valence-electron chi connectivity index (χ1n) is 0.548. The maximum Gasteiger partial charge on any atom is 2.00 e. The summed E-state index contributed by atoms with van der Waals surface area (Å²) in [6, 6.07) is 0. The first-order chi connectivity index (χ1) is 1.73. The molecular formula is ClCuNNiO3. The Morgan fingerprint density at radius 3 is 1.29 bits per heavy atom. The van der Waals surface area contributed by atoms with E-state index in [4.69, 9.17) is 15.3 Å². The summed E-state index contributed by atoms with van der Waals surface area (Å²) in [5, 5.41) is 14.8. The van der Waals surface area contributed by atoms with Crippen LogP contribution in [0.3, 0.4) is 0 Å². The van der Waals surface area contributed by atoms with Crippen LogP contribution in [0.1, 0.15) is 0 Å². The van der Waals surface area contributed by atoms with Gasteiger partial charge in [-0.1, -0.05) is 0 Å². The van der Waals surface area contributed by atoms with Gasteiger partial charge in [-0.05, 0) is 0 Å². The van der Waals surface area contributed by atoms with Crippen LogP contribution < -0.4 is 12.4 Å². The Kier molecular flexibility index (Phi) is 59.3. The molecule has 0 rings (SSSR count). The van der Waals surface area contributed by atoms with Crippen LogP contribution in [0.5, 0.6) is 0 Å². The average molecular weight is 220 g/mol. The molecule has 0 unspecified atom stereocenters. The Balaban J connectivity index is -0.0000000150. The van der Waals surface area contributed by atoms with E-state index in [1.807, 2.05) is 0 Å². The van der Waals surface area contributed by atoms with Crippen molar-refractivity contribution in [2.24, 2.45) is 0 Å². The zero-order valence-electron chi connectivity index (χ0n) is 2.67. The third kappa shape index (κ3) is 521. The van der Waals surface area contributed by atoms with Crippen molar-refractivity contribution in [1.29, 1.82) is 0 Å². The van der Waals surface area contributed by atoms with Gasteiger partial charge >= 0.3 is 17.1 Å². The summed E-state index contributed by atoms with van der Waals surface area (Å²) in [6.45, 7) is 0. The topological polar surface area (TPSA) is 66.2 Å². The maximum atomic E-state index is 8.25. The zero-order valence-corrected chi connectivity index (χ0v) is 5.35. The minimum Gasteiger partial charge on any atom is -1.00 e. The molecule has 0 spiro atoms. The van der Waals surface area contributed by atoms with Crippen molar-refractivity contribution < 1.29 is 51.1 Å². The number of halogens is 1. The fourth-order valence-corrected chi connectivity index (χ4v) is 0. The van der Waals surface area contributed by atoms with Gasteiger partial charge in [-0.2, -0.15) is 0 Å². The minimum atomic E-state index is -1.75. The molecule has 0 aromatic heterocycles. The molecule has 0 aromatic carbocycles. The second-order valence-electron chi connectivity index (χ2n) is 0.224. The maximum absolute atomic E-state index is 8.25. The van der Waals surface area contributed by atoms with E-state index in [9.17, 15) is 0 Å². The fraction of sp³-hybridized carbons (Fsp3) is 0. The molecule has 0 fully saturated rings. The van der Waals surface area contributed by atoms with E-state index < -0.39 is 5.09 Å². The zero-order chi connectivity index (χ0) is 3.58. The summed E-state index contributed by atoms with van der Waals surface area (Å²) in [7, 11) is 0. The second-order valence-corrected chi connectivity index (χ2v) is 0.224. The van der Waals surface area contributed by atoms with Crippen molar-refractivity contribution in [2.75, 3.05) is 0 Å². The average Bonchev–Trinajstić information content (AvgIpc) is 0.811.